The minimum atomic E-state index is -0.234. The summed E-state index contributed by atoms with van der Waals surface area (Å²) < 4.78 is 18.4. The maximum atomic E-state index is 12.7. The minimum Gasteiger partial charge on any atom is -0.462 e. The van der Waals surface area contributed by atoms with Crippen LogP contribution in [-0.4, -0.2) is 0 Å². The van der Waals surface area contributed by atoms with Crippen molar-refractivity contribution in [2.75, 3.05) is 0 Å². The average Bonchev–Trinajstić information content (AvgIpc) is 2.29. The Morgan fingerprint density at radius 3 is 2.44 bits per heavy atom. The molecule has 0 aromatic heterocycles. The molecular formula is C14H19FO. The van der Waals surface area contributed by atoms with E-state index in [1.807, 2.05) is 0 Å². The molecule has 1 aromatic carbocycles. The number of halogens is 1. The van der Waals surface area contributed by atoms with E-state index in [0.29, 0.717) is 5.75 Å². The lowest BCUT2D eigenvalue weighted by Crippen LogP contribution is -1.95. The second-order valence-electron chi connectivity index (χ2n) is 3.77. The minimum absolute atomic E-state index is 0.234. The summed E-state index contributed by atoms with van der Waals surface area (Å²) in [5.41, 5.74) is 0. The lowest BCUT2D eigenvalue weighted by atomic mass is 10.2. The lowest BCUT2D eigenvalue weighted by molar-refractivity contribution is 0.398. The Kier molecular flexibility index (Phi) is 5.62. The van der Waals surface area contributed by atoms with Gasteiger partial charge in [0.25, 0.3) is 0 Å². The summed E-state index contributed by atoms with van der Waals surface area (Å²) in [4.78, 5) is 0. The van der Waals surface area contributed by atoms with Crippen molar-refractivity contribution in [3.63, 3.8) is 0 Å². The van der Waals surface area contributed by atoms with E-state index in [9.17, 15) is 4.39 Å². The molecule has 0 saturated heterocycles. The first-order valence-electron chi connectivity index (χ1n) is 5.88. The van der Waals surface area contributed by atoms with Crippen LogP contribution in [-0.2, 0) is 0 Å². The van der Waals surface area contributed by atoms with E-state index in [-0.39, 0.29) is 5.82 Å². The predicted molar refractivity (Wildman–Crippen MR) is 64.9 cm³/mol. The maximum Gasteiger partial charge on any atom is 0.127 e. The highest BCUT2D eigenvalue weighted by Gasteiger charge is 2.00. The van der Waals surface area contributed by atoms with Gasteiger partial charge in [0.1, 0.15) is 17.3 Å². The topological polar surface area (TPSA) is 9.23 Å². The summed E-state index contributed by atoms with van der Waals surface area (Å²) in [6, 6.07) is 6.15. The number of ether oxygens (including phenoxy) is 1. The van der Waals surface area contributed by atoms with Crippen molar-refractivity contribution in [1.29, 1.82) is 0 Å². The van der Waals surface area contributed by atoms with Crippen molar-refractivity contribution in [3.8, 4) is 5.75 Å². The third-order valence-electron chi connectivity index (χ3n) is 2.22. The largest absolute Gasteiger partial charge is 0.462 e. The van der Waals surface area contributed by atoms with Gasteiger partial charge >= 0.3 is 0 Å². The molecule has 1 nitrogen and oxygen atoms in total. The van der Waals surface area contributed by atoms with Gasteiger partial charge in [0.2, 0.25) is 0 Å². The van der Waals surface area contributed by atoms with E-state index in [1.165, 1.54) is 12.1 Å². The number of rotatable bonds is 6. The van der Waals surface area contributed by atoms with Crippen molar-refractivity contribution in [2.45, 2.75) is 39.5 Å². The van der Waals surface area contributed by atoms with E-state index in [2.05, 4.69) is 19.9 Å². The van der Waals surface area contributed by atoms with Gasteiger partial charge in [-0.05, 0) is 43.2 Å². The molecule has 0 aliphatic heterocycles. The molecular weight excluding hydrogens is 203 g/mol. The SMILES string of the molecule is CCC/C=C(/CCC)Oc1ccc(F)cc1. The van der Waals surface area contributed by atoms with E-state index >= 15 is 0 Å². The van der Waals surface area contributed by atoms with E-state index in [0.717, 1.165) is 31.4 Å². The van der Waals surface area contributed by atoms with Gasteiger partial charge in [-0.15, -0.1) is 0 Å². The first kappa shape index (κ1) is 12.8. The molecule has 0 radical (unpaired) electrons. The molecule has 0 unspecified atom stereocenters. The highest BCUT2D eigenvalue weighted by Crippen LogP contribution is 2.17. The third kappa shape index (κ3) is 4.47. The second-order valence-corrected chi connectivity index (χ2v) is 3.77. The fourth-order valence-corrected chi connectivity index (χ4v) is 1.40. The van der Waals surface area contributed by atoms with Crippen LogP contribution in [0.15, 0.2) is 36.1 Å². The molecule has 1 rings (SSSR count). The molecule has 1 aromatic rings. The van der Waals surface area contributed by atoms with Gasteiger partial charge in [0, 0.05) is 6.42 Å². The molecule has 0 atom stereocenters. The number of allylic oxidation sites excluding steroid dienone is 2. The summed E-state index contributed by atoms with van der Waals surface area (Å²) in [6.07, 6.45) is 6.23. The molecule has 0 fully saturated rings. The summed E-state index contributed by atoms with van der Waals surface area (Å²) >= 11 is 0. The molecule has 0 saturated carbocycles. The predicted octanol–water partition coefficient (Wildman–Crippen LogP) is 4.69. The van der Waals surface area contributed by atoms with Crippen molar-refractivity contribution in [2.24, 2.45) is 0 Å². The smallest absolute Gasteiger partial charge is 0.127 e. The van der Waals surface area contributed by atoms with Crippen LogP contribution in [0.25, 0.3) is 0 Å². The monoisotopic (exact) mass is 222 g/mol. The highest BCUT2D eigenvalue weighted by atomic mass is 19.1. The van der Waals surface area contributed by atoms with Gasteiger partial charge in [-0.2, -0.15) is 0 Å². The zero-order valence-corrected chi connectivity index (χ0v) is 10.0. The molecule has 2 heteroatoms. The van der Waals surface area contributed by atoms with Crippen molar-refractivity contribution in [3.05, 3.63) is 41.9 Å². The number of benzene rings is 1. The van der Waals surface area contributed by atoms with Gasteiger partial charge in [-0.1, -0.05) is 20.3 Å². The van der Waals surface area contributed by atoms with E-state index < -0.39 is 0 Å². The van der Waals surface area contributed by atoms with Crippen molar-refractivity contribution >= 4 is 0 Å². The van der Waals surface area contributed by atoms with Crippen LogP contribution in [0.2, 0.25) is 0 Å². The lowest BCUT2D eigenvalue weighted by Gasteiger charge is -2.09. The van der Waals surface area contributed by atoms with Crippen molar-refractivity contribution in [1.82, 2.24) is 0 Å². The molecule has 0 aliphatic rings. The van der Waals surface area contributed by atoms with Crippen LogP contribution in [0, 0.1) is 5.82 Å². The maximum absolute atomic E-state index is 12.7. The fourth-order valence-electron chi connectivity index (χ4n) is 1.40. The van der Waals surface area contributed by atoms with Gasteiger partial charge in [0.05, 0.1) is 0 Å². The van der Waals surface area contributed by atoms with Gasteiger partial charge in [-0.25, -0.2) is 4.39 Å². The average molecular weight is 222 g/mol. The zero-order valence-electron chi connectivity index (χ0n) is 10.0. The molecule has 0 amide bonds. The van der Waals surface area contributed by atoms with Gasteiger partial charge in [-0.3, -0.25) is 0 Å². The Morgan fingerprint density at radius 2 is 1.88 bits per heavy atom. The van der Waals surface area contributed by atoms with Gasteiger partial charge in [0.15, 0.2) is 0 Å². The van der Waals surface area contributed by atoms with Crippen LogP contribution in [0.4, 0.5) is 4.39 Å². The third-order valence-corrected chi connectivity index (χ3v) is 2.22. The van der Waals surface area contributed by atoms with Crippen LogP contribution in [0.1, 0.15) is 39.5 Å². The molecule has 88 valence electrons. The molecule has 0 spiro atoms. The summed E-state index contributed by atoms with van der Waals surface area (Å²) in [6.45, 7) is 4.26. The van der Waals surface area contributed by atoms with Gasteiger partial charge < -0.3 is 4.74 Å². The highest BCUT2D eigenvalue weighted by molar-refractivity contribution is 5.24. The van der Waals surface area contributed by atoms with Crippen LogP contribution >= 0.6 is 0 Å². The summed E-state index contributed by atoms with van der Waals surface area (Å²) in [7, 11) is 0. The fraction of sp³-hybridized carbons (Fsp3) is 0.429. The number of hydrogen-bond donors (Lipinski definition) is 0. The molecule has 0 aliphatic carbocycles. The molecule has 16 heavy (non-hydrogen) atoms. The summed E-state index contributed by atoms with van der Waals surface area (Å²) in [5.74, 6) is 1.45. The Labute approximate surface area is 96.9 Å². The van der Waals surface area contributed by atoms with Crippen molar-refractivity contribution < 1.29 is 9.13 Å². The Morgan fingerprint density at radius 1 is 1.19 bits per heavy atom. The summed E-state index contributed by atoms with van der Waals surface area (Å²) in [5, 5.41) is 0. The first-order valence-corrected chi connectivity index (χ1v) is 5.88. The molecule has 0 heterocycles. The zero-order chi connectivity index (χ0) is 11.8. The van der Waals surface area contributed by atoms with E-state index in [1.54, 1.807) is 12.1 Å². The van der Waals surface area contributed by atoms with Crippen LogP contribution in [0.3, 0.4) is 0 Å². The standard InChI is InChI=1S/C14H19FO/c1-3-5-7-13(6-4-2)16-14-10-8-12(15)9-11-14/h7-11H,3-6H2,1-2H3/b13-7-. The van der Waals surface area contributed by atoms with Crippen LogP contribution in [0.5, 0.6) is 5.75 Å². The van der Waals surface area contributed by atoms with E-state index in [4.69, 9.17) is 4.74 Å². The Hall–Kier alpha value is -1.31. The number of hydrogen-bond acceptors (Lipinski definition) is 1. The first-order chi connectivity index (χ1) is 7.76. The Bertz CT molecular complexity index is 327. The molecule has 0 bridgehead atoms. The van der Waals surface area contributed by atoms with Crippen LogP contribution < -0.4 is 4.74 Å². The quantitative estimate of drug-likeness (QED) is 0.634. The molecule has 0 N–H and O–H groups in total. The Balaban J connectivity index is 2.63. The normalized spacial score (nSPS) is 11.6. The second kappa shape index (κ2) is 7.04. The number of unbranched alkanes of at least 4 members (excludes halogenated alkanes) is 1.